The van der Waals surface area contributed by atoms with Crippen molar-refractivity contribution in [3.05, 3.63) is 87.0 Å². The molecule has 1 aromatic heterocycles. The minimum atomic E-state index is -0.472. The van der Waals surface area contributed by atoms with E-state index >= 15 is 0 Å². The zero-order chi connectivity index (χ0) is 23.7. The van der Waals surface area contributed by atoms with Crippen LogP contribution in [0.1, 0.15) is 22.5 Å². The number of benzene rings is 2. The normalized spacial score (nSPS) is 14.9. The van der Waals surface area contributed by atoms with Crippen molar-refractivity contribution in [2.75, 3.05) is 11.9 Å². The summed E-state index contributed by atoms with van der Waals surface area (Å²) in [7, 11) is 0. The smallest absolute Gasteiger partial charge is 0.294 e. The van der Waals surface area contributed by atoms with Crippen LogP contribution in [0.2, 0.25) is 5.02 Å². The maximum Gasteiger partial charge on any atom is 0.294 e. The molecule has 0 spiro atoms. The topological polar surface area (TPSA) is 71.4 Å². The Morgan fingerprint density at radius 2 is 1.70 bits per heavy atom. The monoisotopic (exact) mass is 479 g/mol. The molecule has 1 aliphatic heterocycles. The van der Waals surface area contributed by atoms with Crippen LogP contribution in [-0.2, 0) is 9.59 Å². The van der Waals surface area contributed by atoms with Crippen LogP contribution in [0, 0.1) is 20.8 Å². The maximum atomic E-state index is 12.9. The average molecular weight is 480 g/mol. The Morgan fingerprint density at radius 3 is 2.36 bits per heavy atom. The third-order valence-corrected chi connectivity index (χ3v) is 6.51. The first-order valence-corrected chi connectivity index (χ1v) is 11.5. The number of amides is 3. The summed E-state index contributed by atoms with van der Waals surface area (Å²) in [6.07, 6.45) is 1.71. The number of carbonyl (C=O) groups is 3. The van der Waals surface area contributed by atoms with E-state index in [-0.39, 0.29) is 6.54 Å². The van der Waals surface area contributed by atoms with Crippen molar-refractivity contribution in [3.63, 3.8) is 0 Å². The molecule has 1 fully saturated rings. The predicted octanol–water partition coefficient (Wildman–Crippen LogP) is 5.73. The van der Waals surface area contributed by atoms with Gasteiger partial charge in [-0.2, -0.15) is 0 Å². The number of rotatable bonds is 5. The van der Waals surface area contributed by atoms with Gasteiger partial charge in [0.15, 0.2) is 0 Å². The number of hydrogen-bond donors (Lipinski definition) is 1. The Labute approximate surface area is 201 Å². The van der Waals surface area contributed by atoms with Crippen molar-refractivity contribution < 1.29 is 14.4 Å². The SMILES string of the molecule is Cc1ccc(NC(=O)CN2C(=O)S/C(=C/c3cc(C)n(-c4ccc(Cl)cc4)c3C)C2=O)cc1. The van der Waals surface area contributed by atoms with Crippen molar-refractivity contribution in [1.82, 2.24) is 9.47 Å². The van der Waals surface area contributed by atoms with Crippen molar-refractivity contribution in [3.8, 4) is 5.69 Å². The van der Waals surface area contributed by atoms with Gasteiger partial charge in [0, 0.05) is 27.8 Å². The van der Waals surface area contributed by atoms with Gasteiger partial charge in [-0.05, 0) is 86.6 Å². The van der Waals surface area contributed by atoms with Crippen molar-refractivity contribution >= 4 is 52.2 Å². The van der Waals surface area contributed by atoms with Crippen molar-refractivity contribution in [1.29, 1.82) is 0 Å². The predicted molar refractivity (Wildman–Crippen MR) is 133 cm³/mol. The lowest BCUT2D eigenvalue weighted by atomic mass is 10.2. The number of hydrogen-bond acceptors (Lipinski definition) is 4. The minimum Gasteiger partial charge on any atom is -0.325 e. The Kier molecular flexibility index (Phi) is 6.44. The van der Waals surface area contributed by atoms with Crippen LogP contribution < -0.4 is 5.32 Å². The quantitative estimate of drug-likeness (QED) is 0.474. The number of halogens is 1. The van der Waals surface area contributed by atoms with Crippen LogP contribution in [0.15, 0.2) is 59.5 Å². The van der Waals surface area contributed by atoms with E-state index in [1.165, 1.54) is 0 Å². The molecule has 2 heterocycles. The van der Waals surface area contributed by atoms with Gasteiger partial charge >= 0.3 is 0 Å². The molecule has 3 amide bonds. The summed E-state index contributed by atoms with van der Waals surface area (Å²) in [5, 5.41) is 2.91. The number of imide groups is 1. The molecule has 33 heavy (non-hydrogen) atoms. The first kappa shape index (κ1) is 22.9. The second-order valence-corrected chi connectivity index (χ2v) is 9.25. The fourth-order valence-corrected chi connectivity index (χ4v) is 4.63. The van der Waals surface area contributed by atoms with Gasteiger partial charge in [-0.3, -0.25) is 19.3 Å². The molecule has 1 N–H and O–H groups in total. The molecule has 0 bridgehead atoms. The molecule has 0 aliphatic carbocycles. The van der Waals surface area contributed by atoms with Gasteiger partial charge in [-0.15, -0.1) is 0 Å². The van der Waals surface area contributed by atoms with E-state index < -0.39 is 17.1 Å². The summed E-state index contributed by atoms with van der Waals surface area (Å²) < 4.78 is 2.06. The van der Waals surface area contributed by atoms with Crippen molar-refractivity contribution in [2.45, 2.75) is 20.8 Å². The number of nitrogens with zero attached hydrogens (tertiary/aromatic N) is 2. The molecule has 3 aromatic rings. The summed E-state index contributed by atoms with van der Waals surface area (Å²) in [4.78, 5) is 39.0. The standard InChI is InChI=1S/C25H22ClN3O3S/c1-15-4-8-20(9-5-15)27-23(30)14-28-24(31)22(33-25(28)32)13-18-12-16(2)29(17(18)3)21-10-6-19(26)7-11-21/h4-13H,14H2,1-3H3,(H,27,30)/b22-13+. The molecule has 1 aliphatic rings. The molecule has 4 rings (SSSR count). The van der Waals surface area contributed by atoms with Gasteiger partial charge < -0.3 is 9.88 Å². The van der Waals surface area contributed by atoms with Gasteiger partial charge in [0.2, 0.25) is 5.91 Å². The summed E-state index contributed by atoms with van der Waals surface area (Å²) in [6, 6.07) is 16.7. The Morgan fingerprint density at radius 1 is 1.03 bits per heavy atom. The van der Waals surface area contributed by atoms with E-state index in [1.54, 1.807) is 18.2 Å². The van der Waals surface area contributed by atoms with E-state index in [2.05, 4.69) is 9.88 Å². The first-order chi connectivity index (χ1) is 15.7. The Bertz CT molecular complexity index is 1280. The van der Waals surface area contributed by atoms with Gasteiger partial charge in [-0.25, -0.2) is 0 Å². The highest BCUT2D eigenvalue weighted by atomic mass is 35.5. The summed E-state index contributed by atoms with van der Waals surface area (Å²) >= 11 is 6.84. The van der Waals surface area contributed by atoms with Gasteiger partial charge in [-0.1, -0.05) is 29.3 Å². The molecule has 8 heteroatoms. The van der Waals surface area contributed by atoms with Crippen LogP contribution in [0.3, 0.4) is 0 Å². The lowest BCUT2D eigenvalue weighted by Gasteiger charge is -2.12. The number of anilines is 1. The molecule has 168 valence electrons. The number of aryl methyl sites for hydroxylation is 2. The average Bonchev–Trinajstić information content (AvgIpc) is 3.20. The number of carbonyl (C=O) groups excluding carboxylic acids is 3. The number of thioether (sulfide) groups is 1. The first-order valence-electron chi connectivity index (χ1n) is 10.3. The third-order valence-electron chi connectivity index (χ3n) is 5.35. The summed E-state index contributed by atoms with van der Waals surface area (Å²) in [6.45, 7) is 5.54. The van der Waals surface area contributed by atoms with Crippen LogP contribution in [0.5, 0.6) is 0 Å². The van der Waals surface area contributed by atoms with Crippen LogP contribution in [0.4, 0.5) is 10.5 Å². The molecule has 0 saturated carbocycles. The van der Waals surface area contributed by atoms with Gasteiger partial charge in [0.05, 0.1) is 4.91 Å². The van der Waals surface area contributed by atoms with Crippen LogP contribution in [-0.4, -0.2) is 33.1 Å². The molecule has 0 unspecified atom stereocenters. The maximum absolute atomic E-state index is 12.9. The fourth-order valence-electron chi connectivity index (χ4n) is 3.68. The van der Waals surface area contributed by atoms with E-state index in [1.807, 2.05) is 63.2 Å². The van der Waals surface area contributed by atoms with E-state index in [0.717, 1.165) is 44.9 Å². The summed E-state index contributed by atoms with van der Waals surface area (Å²) in [5.74, 6) is -0.899. The second kappa shape index (κ2) is 9.29. The molecular weight excluding hydrogens is 458 g/mol. The molecular formula is C25H22ClN3O3S. The van der Waals surface area contributed by atoms with Crippen LogP contribution >= 0.6 is 23.4 Å². The van der Waals surface area contributed by atoms with Crippen molar-refractivity contribution in [2.24, 2.45) is 0 Å². The highest BCUT2D eigenvalue weighted by molar-refractivity contribution is 8.18. The lowest BCUT2D eigenvalue weighted by Crippen LogP contribution is -2.36. The molecule has 0 atom stereocenters. The zero-order valence-electron chi connectivity index (χ0n) is 18.4. The minimum absolute atomic E-state index is 0.291. The van der Waals surface area contributed by atoms with E-state index in [4.69, 9.17) is 11.6 Å². The fraction of sp³-hybridized carbons (Fsp3) is 0.160. The molecule has 6 nitrogen and oxygen atoms in total. The second-order valence-electron chi connectivity index (χ2n) is 7.82. The lowest BCUT2D eigenvalue weighted by molar-refractivity contribution is -0.127. The molecule has 2 aromatic carbocycles. The largest absolute Gasteiger partial charge is 0.325 e. The van der Waals surface area contributed by atoms with E-state index in [9.17, 15) is 14.4 Å². The van der Waals surface area contributed by atoms with Gasteiger partial charge in [0.25, 0.3) is 11.1 Å². The Hall–Kier alpha value is -3.29. The summed E-state index contributed by atoms with van der Waals surface area (Å²) in [5.41, 5.74) is 5.38. The highest BCUT2D eigenvalue weighted by Crippen LogP contribution is 2.33. The van der Waals surface area contributed by atoms with Gasteiger partial charge in [0.1, 0.15) is 6.54 Å². The third kappa shape index (κ3) is 4.89. The van der Waals surface area contributed by atoms with Crippen LogP contribution in [0.25, 0.3) is 11.8 Å². The molecule has 1 saturated heterocycles. The molecule has 0 radical (unpaired) electrons. The Balaban J connectivity index is 1.52. The number of aromatic nitrogens is 1. The highest BCUT2D eigenvalue weighted by Gasteiger charge is 2.36. The number of nitrogens with one attached hydrogen (secondary N) is 1. The van der Waals surface area contributed by atoms with E-state index in [0.29, 0.717) is 15.6 Å². The zero-order valence-corrected chi connectivity index (χ0v) is 20.0.